The Morgan fingerprint density at radius 2 is 0.929 bits per heavy atom. The lowest BCUT2D eigenvalue weighted by molar-refractivity contribution is 0.166. The van der Waals surface area contributed by atoms with Gasteiger partial charge in [0.05, 0.1) is 28.4 Å². The Balaban J connectivity index is 1.53. The molecule has 0 bridgehead atoms. The molecule has 0 aliphatic carbocycles. The monoisotopic (exact) mass is 576 g/mol. The molecule has 4 rings (SSSR count). The first-order valence-electron chi connectivity index (χ1n) is 12.4. The van der Waals surface area contributed by atoms with Crippen molar-refractivity contribution in [1.82, 2.24) is 0 Å². The number of hydrogen-bond donors (Lipinski definition) is 0. The molecule has 11 heteroatoms. The van der Waals surface area contributed by atoms with E-state index in [0.717, 1.165) is 0 Å². The molecule has 4 aromatic carbocycles. The van der Waals surface area contributed by atoms with Crippen molar-refractivity contribution >= 4 is 7.82 Å². The van der Waals surface area contributed by atoms with Crippen LogP contribution in [0.1, 0.15) is 36.1 Å². The van der Waals surface area contributed by atoms with Crippen LogP contribution in [0.5, 0.6) is 34.5 Å². The Morgan fingerprint density at radius 1 is 0.548 bits per heavy atom. The summed E-state index contributed by atoms with van der Waals surface area (Å²) in [4.78, 5) is 0. The maximum Gasteiger partial charge on any atom is 0.587 e. The molecule has 0 amide bonds. The van der Waals surface area contributed by atoms with E-state index in [1.54, 1.807) is 62.4 Å². The Labute approximate surface area is 242 Å². The van der Waals surface area contributed by atoms with Gasteiger partial charge < -0.3 is 18.5 Å². The second-order valence-corrected chi connectivity index (χ2v) is 10.3. The van der Waals surface area contributed by atoms with Gasteiger partial charge in [0.25, 0.3) is 0 Å². The van der Waals surface area contributed by atoms with E-state index in [0.29, 0.717) is 23.0 Å². The van der Waals surface area contributed by atoms with Gasteiger partial charge in [0.2, 0.25) is 0 Å². The van der Waals surface area contributed by atoms with Crippen LogP contribution in [0, 0.1) is 45.3 Å². The zero-order chi connectivity index (χ0) is 30.1. The number of rotatable bonds is 10. The number of nitrogens with zero attached hydrogens (tertiary/aromatic N) is 4. The van der Waals surface area contributed by atoms with E-state index < -0.39 is 13.9 Å². The summed E-state index contributed by atoms with van der Waals surface area (Å²) >= 11 is 0. The number of ether oxygens (including phenoxy) is 2. The third kappa shape index (κ3) is 7.45. The van der Waals surface area contributed by atoms with Gasteiger partial charge in [0.15, 0.2) is 0 Å². The van der Waals surface area contributed by atoms with Crippen LogP contribution in [0.25, 0.3) is 0 Å². The molecule has 42 heavy (non-hydrogen) atoms. The van der Waals surface area contributed by atoms with Gasteiger partial charge in [-0.1, -0.05) is 12.1 Å². The highest BCUT2D eigenvalue weighted by atomic mass is 31.2. The summed E-state index contributed by atoms with van der Waals surface area (Å²) in [6, 6.07) is 29.3. The molecule has 4 aromatic rings. The molecule has 0 unspecified atom stereocenters. The minimum atomic E-state index is -4.24. The van der Waals surface area contributed by atoms with Gasteiger partial charge in [0.1, 0.15) is 58.8 Å². The Morgan fingerprint density at radius 3 is 1.31 bits per heavy atom. The Bertz CT molecular complexity index is 1720. The van der Waals surface area contributed by atoms with Crippen molar-refractivity contribution < 1.29 is 27.6 Å². The average molecular weight is 577 g/mol. The highest BCUT2D eigenvalue weighted by Crippen LogP contribution is 2.51. The van der Waals surface area contributed by atoms with E-state index in [1.807, 2.05) is 24.3 Å². The quantitative estimate of drug-likeness (QED) is 0.171. The predicted molar refractivity (Wildman–Crippen MR) is 150 cm³/mol. The van der Waals surface area contributed by atoms with Crippen molar-refractivity contribution in [2.75, 3.05) is 0 Å². The number of phosphoric ester groups is 1. The molecule has 0 saturated heterocycles. The molecule has 0 aliphatic heterocycles. The van der Waals surface area contributed by atoms with Crippen LogP contribution in [0.2, 0.25) is 0 Å². The van der Waals surface area contributed by atoms with E-state index in [9.17, 15) is 15.1 Å². The lowest BCUT2D eigenvalue weighted by Gasteiger charge is -2.21. The predicted octanol–water partition coefficient (Wildman–Crippen LogP) is 7.75. The SMILES string of the molecule is CC(C)OP(=O)(Oc1cccc(Oc2ccc(C#N)c(C#N)c2)c1)Oc1cccc(Oc2ccc(C#N)c(C#N)c2)c1. The van der Waals surface area contributed by atoms with Crippen molar-refractivity contribution in [1.29, 1.82) is 21.0 Å². The second kappa shape index (κ2) is 13.1. The molecule has 206 valence electrons. The molecule has 10 nitrogen and oxygen atoms in total. The fraction of sp³-hybridized carbons (Fsp3) is 0.0968. The summed E-state index contributed by atoms with van der Waals surface area (Å²) < 4.78 is 42.4. The molecule has 0 aliphatic rings. The van der Waals surface area contributed by atoms with Crippen molar-refractivity contribution in [3.8, 4) is 58.8 Å². The lowest BCUT2D eigenvalue weighted by atomic mass is 10.1. The van der Waals surface area contributed by atoms with Gasteiger partial charge >= 0.3 is 7.82 Å². The summed E-state index contributed by atoms with van der Waals surface area (Å²) in [7, 11) is -4.24. The van der Waals surface area contributed by atoms with Crippen LogP contribution in [0.4, 0.5) is 0 Å². The van der Waals surface area contributed by atoms with Gasteiger partial charge in [0, 0.05) is 12.1 Å². The minimum Gasteiger partial charge on any atom is -0.457 e. The summed E-state index contributed by atoms with van der Waals surface area (Å²) in [5, 5.41) is 36.8. The van der Waals surface area contributed by atoms with E-state index >= 15 is 0 Å². The van der Waals surface area contributed by atoms with E-state index in [4.69, 9.17) is 33.6 Å². The molecule has 0 aromatic heterocycles. The molecule has 0 radical (unpaired) electrons. The van der Waals surface area contributed by atoms with E-state index in [-0.39, 0.29) is 33.8 Å². The zero-order valence-electron chi connectivity index (χ0n) is 22.3. The fourth-order valence-electron chi connectivity index (χ4n) is 3.59. The van der Waals surface area contributed by atoms with Crippen LogP contribution < -0.4 is 18.5 Å². The second-order valence-electron chi connectivity index (χ2n) is 8.80. The highest BCUT2D eigenvalue weighted by molar-refractivity contribution is 7.49. The van der Waals surface area contributed by atoms with Gasteiger partial charge in [-0.3, -0.25) is 4.52 Å². The molecular weight excluding hydrogens is 555 g/mol. The molecule has 0 N–H and O–H groups in total. The summed E-state index contributed by atoms with van der Waals surface area (Å²) in [6.45, 7) is 3.35. The van der Waals surface area contributed by atoms with Crippen LogP contribution in [0.15, 0.2) is 84.9 Å². The summed E-state index contributed by atoms with van der Waals surface area (Å²) in [6.07, 6.45) is -0.527. The maximum atomic E-state index is 13.7. The van der Waals surface area contributed by atoms with Gasteiger partial charge in [-0.25, -0.2) is 4.57 Å². The van der Waals surface area contributed by atoms with Crippen LogP contribution in [-0.2, 0) is 9.09 Å². The molecule has 0 spiro atoms. The summed E-state index contributed by atoms with van der Waals surface area (Å²) in [5.74, 6) is 1.51. The normalized spacial score (nSPS) is 10.5. The largest absolute Gasteiger partial charge is 0.587 e. The van der Waals surface area contributed by atoms with E-state index in [1.165, 1.54) is 36.4 Å². The van der Waals surface area contributed by atoms with Crippen molar-refractivity contribution in [3.05, 3.63) is 107 Å². The molecule has 0 heterocycles. The smallest absolute Gasteiger partial charge is 0.457 e. The van der Waals surface area contributed by atoms with Gasteiger partial charge in [-0.05, 0) is 74.5 Å². The number of hydrogen-bond acceptors (Lipinski definition) is 10. The first-order valence-corrected chi connectivity index (χ1v) is 13.8. The third-order valence-corrected chi connectivity index (χ3v) is 6.87. The topological polar surface area (TPSA) is 158 Å². The minimum absolute atomic E-state index is 0.125. The number of benzene rings is 4. The number of nitriles is 4. The van der Waals surface area contributed by atoms with Crippen molar-refractivity contribution in [3.63, 3.8) is 0 Å². The highest BCUT2D eigenvalue weighted by Gasteiger charge is 2.32. The zero-order valence-corrected chi connectivity index (χ0v) is 23.2. The van der Waals surface area contributed by atoms with Gasteiger partial charge in [-0.15, -0.1) is 0 Å². The van der Waals surface area contributed by atoms with Crippen LogP contribution in [-0.4, -0.2) is 6.10 Å². The standard InChI is InChI=1S/C31H21N4O6P/c1-21(2)39-42(36,40-30-7-3-5-26(15-30)37-28-11-9-22(17-32)24(13-28)19-34)41-31-8-4-6-27(16-31)38-29-12-10-23(18-33)25(14-29)20-35/h3-16,21H,1-2H3. The Kier molecular flexibility index (Phi) is 9.08. The van der Waals surface area contributed by atoms with Gasteiger partial charge in [-0.2, -0.15) is 21.0 Å². The van der Waals surface area contributed by atoms with Crippen LogP contribution in [0.3, 0.4) is 0 Å². The molecular formula is C31H21N4O6P. The lowest BCUT2D eigenvalue weighted by Crippen LogP contribution is -2.10. The van der Waals surface area contributed by atoms with Crippen molar-refractivity contribution in [2.24, 2.45) is 0 Å². The Hall–Kier alpha value is -5.77. The molecule has 0 atom stereocenters. The van der Waals surface area contributed by atoms with Crippen LogP contribution >= 0.6 is 7.82 Å². The first-order chi connectivity index (χ1) is 20.2. The van der Waals surface area contributed by atoms with E-state index in [2.05, 4.69) is 0 Å². The molecule has 0 fully saturated rings. The first kappa shape index (κ1) is 29.2. The third-order valence-electron chi connectivity index (χ3n) is 5.32. The molecule has 0 saturated carbocycles. The average Bonchev–Trinajstić information content (AvgIpc) is 2.96. The van der Waals surface area contributed by atoms with Crippen molar-refractivity contribution in [2.45, 2.75) is 20.0 Å². The maximum absolute atomic E-state index is 13.7. The number of phosphoric acid groups is 1. The fourth-order valence-corrected chi connectivity index (χ4v) is 4.98. The summed E-state index contributed by atoms with van der Waals surface area (Å²) in [5.41, 5.74) is 0.788.